The fourth-order valence-electron chi connectivity index (χ4n) is 3.31. The molecule has 0 spiro atoms. The number of hydrogen-bond acceptors (Lipinski definition) is 8. The zero-order chi connectivity index (χ0) is 18.8. The number of nitrogens with zero attached hydrogens (tertiary/aromatic N) is 8. The number of aromatic nitrogens is 9. The number of imidazole rings is 1. The third-order valence-corrected chi connectivity index (χ3v) is 4.71. The number of ether oxygens (including phenoxy) is 1. The number of rotatable bonds is 5. The Hall–Kier alpha value is -3.31. The number of hydrogen-bond donors (Lipinski definition) is 2. The van der Waals surface area contributed by atoms with Gasteiger partial charge in [0.25, 0.3) is 0 Å². The van der Waals surface area contributed by atoms with Crippen molar-refractivity contribution in [2.24, 2.45) is 0 Å². The van der Waals surface area contributed by atoms with Gasteiger partial charge in [-0.3, -0.25) is 4.57 Å². The van der Waals surface area contributed by atoms with Crippen LogP contribution in [0.2, 0.25) is 0 Å². The van der Waals surface area contributed by atoms with Gasteiger partial charge in [-0.15, -0.1) is 17.5 Å². The molecule has 0 atom stereocenters. The fraction of sp³-hybridized carbons (Fsp3) is 0.294. The summed E-state index contributed by atoms with van der Waals surface area (Å²) in [4.78, 5) is 4.48. The van der Waals surface area contributed by atoms with Gasteiger partial charge in [0.05, 0.1) is 12.2 Å². The summed E-state index contributed by atoms with van der Waals surface area (Å²) in [6, 6.07) is 8.08. The van der Waals surface area contributed by atoms with Crippen molar-refractivity contribution < 1.29 is 4.74 Å². The molecule has 1 aliphatic heterocycles. The number of aromatic amines is 1. The van der Waals surface area contributed by atoms with E-state index < -0.39 is 0 Å². The summed E-state index contributed by atoms with van der Waals surface area (Å²) < 4.78 is 9.43. The molecule has 150 valence electrons. The van der Waals surface area contributed by atoms with Gasteiger partial charge < -0.3 is 10.1 Å². The minimum atomic E-state index is 0. The fourth-order valence-corrected chi connectivity index (χ4v) is 3.31. The molecule has 1 fully saturated rings. The molecule has 3 aromatic heterocycles. The van der Waals surface area contributed by atoms with Crippen molar-refractivity contribution >= 4 is 12.4 Å². The van der Waals surface area contributed by atoms with E-state index in [0.29, 0.717) is 11.8 Å². The lowest BCUT2D eigenvalue weighted by atomic mass is 10.1. The van der Waals surface area contributed by atoms with E-state index in [1.54, 1.807) is 6.20 Å². The molecule has 1 aromatic carbocycles. The van der Waals surface area contributed by atoms with Crippen LogP contribution < -0.4 is 10.1 Å². The van der Waals surface area contributed by atoms with Crippen LogP contribution in [0.1, 0.15) is 18.9 Å². The Labute approximate surface area is 171 Å². The highest BCUT2D eigenvalue weighted by Gasteiger charge is 2.18. The molecule has 12 heteroatoms. The van der Waals surface area contributed by atoms with E-state index in [1.165, 1.54) is 0 Å². The lowest BCUT2D eigenvalue weighted by Crippen LogP contribution is -2.29. The molecule has 0 bridgehead atoms. The molecular weight excluding hydrogens is 396 g/mol. The van der Waals surface area contributed by atoms with Gasteiger partial charge in [-0.1, -0.05) is 15.4 Å². The number of benzene rings is 1. The summed E-state index contributed by atoms with van der Waals surface area (Å²) in [6.07, 6.45) is 7.73. The maximum Gasteiger partial charge on any atom is 0.361 e. The number of piperidine rings is 1. The first-order valence-corrected chi connectivity index (χ1v) is 9.05. The molecule has 0 radical (unpaired) electrons. The lowest BCUT2D eigenvalue weighted by Gasteiger charge is -2.22. The zero-order valence-corrected chi connectivity index (χ0v) is 16.2. The monoisotopic (exact) mass is 414 g/mol. The highest BCUT2D eigenvalue weighted by Crippen LogP contribution is 2.24. The third-order valence-electron chi connectivity index (χ3n) is 4.71. The van der Waals surface area contributed by atoms with E-state index in [9.17, 15) is 0 Å². The van der Waals surface area contributed by atoms with Gasteiger partial charge in [-0.05, 0) is 55.4 Å². The summed E-state index contributed by atoms with van der Waals surface area (Å²) in [5.74, 6) is 1.36. The smallest absolute Gasteiger partial charge is 0.361 e. The number of halogens is 1. The first-order valence-electron chi connectivity index (χ1n) is 9.05. The molecule has 1 saturated heterocycles. The summed E-state index contributed by atoms with van der Waals surface area (Å²) >= 11 is 0. The maximum atomic E-state index is 5.50. The second kappa shape index (κ2) is 8.37. The number of tetrazole rings is 1. The second-order valence-electron chi connectivity index (χ2n) is 6.48. The molecular formula is C17H19ClN10O. The average Bonchev–Trinajstić information content (AvgIpc) is 3.50. The van der Waals surface area contributed by atoms with Gasteiger partial charge in [0.1, 0.15) is 11.4 Å². The Morgan fingerprint density at radius 3 is 2.66 bits per heavy atom. The molecule has 2 N–H and O–H groups in total. The zero-order valence-electron chi connectivity index (χ0n) is 15.3. The van der Waals surface area contributed by atoms with Crippen LogP contribution in [0.25, 0.3) is 17.2 Å². The van der Waals surface area contributed by atoms with Gasteiger partial charge in [0.15, 0.2) is 5.82 Å². The van der Waals surface area contributed by atoms with Crippen molar-refractivity contribution in [3.05, 3.63) is 42.9 Å². The van der Waals surface area contributed by atoms with Crippen molar-refractivity contribution in [2.45, 2.75) is 18.9 Å². The summed E-state index contributed by atoms with van der Waals surface area (Å²) in [7, 11) is 0. The van der Waals surface area contributed by atoms with Gasteiger partial charge >= 0.3 is 6.01 Å². The van der Waals surface area contributed by atoms with Crippen molar-refractivity contribution in [3.63, 3.8) is 0 Å². The van der Waals surface area contributed by atoms with Gasteiger partial charge in [-0.2, -0.15) is 5.21 Å². The van der Waals surface area contributed by atoms with Crippen molar-refractivity contribution in [2.75, 3.05) is 13.1 Å². The van der Waals surface area contributed by atoms with E-state index in [1.807, 2.05) is 45.9 Å². The number of H-pyrrole nitrogens is 1. The molecule has 4 heterocycles. The van der Waals surface area contributed by atoms with Crippen molar-refractivity contribution in [3.8, 4) is 29.0 Å². The first kappa shape index (κ1) is 19.0. The van der Waals surface area contributed by atoms with Crippen molar-refractivity contribution in [1.82, 2.24) is 50.5 Å². The summed E-state index contributed by atoms with van der Waals surface area (Å²) in [5.41, 5.74) is 1.68. The van der Waals surface area contributed by atoms with E-state index in [-0.39, 0.29) is 18.4 Å². The minimum absolute atomic E-state index is 0. The van der Waals surface area contributed by atoms with Crippen molar-refractivity contribution in [1.29, 1.82) is 0 Å². The molecule has 1 aliphatic rings. The Balaban J connectivity index is 0.00000205. The molecule has 0 saturated carbocycles. The quantitative estimate of drug-likeness (QED) is 0.506. The third kappa shape index (κ3) is 3.96. The largest absolute Gasteiger partial charge is 0.422 e. The highest BCUT2D eigenvalue weighted by atomic mass is 35.5. The molecule has 0 unspecified atom stereocenters. The SMILES string of the molecule is Cl.c1cn(-c2ccc(Oc3nn[nH]n3)cc2)c(-c2cn(C3CCNCC3)nn2)n1. The van der Waals surface area contributed by atoms with E-state index in [0.717, 1.165) is 43.1 Å². The normalized spacial score (nSPS) is 14.5. The van der Waals surface area contributed by atoms with Crippen LogP contribution >= 0.6 is 12.4 Å². The van der Waals surface area contributed by atoms with E-state index in [2.05, 4.69) is 41.2 Å². The predicted octanol–water partition coefficient (Wildman–Crippen LogP) is 1.78. The van der Waals surface area contributed by atoms with E-state index >= 15 is 0 Å². The Morgan fingerprint density at radius 1 is 1.07 bits per heavy atom. The van der Waals surface area contributed by atoms with Gasteiger partial charge in [0.2, 0.25) is 0 Å². The van der Waals surface area contributed by atoms with E-state index in [4.69, 9.17) is 4.74 Å². The second-order valence-corrected chi connectivity index (χ2v) is 6.48. The van der Waals surface area contributed by atoms with Crippen LogP contribution in [0.3, 0.4) is 0 Å². The predicted molar refractivity (Wildman–Crippen MR) is 105 cm³/mol. The van der Waals surface area contributed by atoms with Gasteiger partial charge in [-0.25, -0.2) is 9.67 Å². The van der Waals surface area contributed by atoms with Crippen LogP contribution in [0.5, 0.6) is 11.8 Å². The van der Waals surface area contributed by atoms with Gasteiger partial charge in [0, 0.05) is 18.1 Å². The summed E-state index contributed by atoms with van der Waals surface area (Å²) in [5, 5.41) is 25.4. The minimum Gasteiger partial charge on any atom is -0.422 e. The first-order chi connectivity index (χ1) is 13.9. The molecule has 11 nitrogen and oxygen atoms in total. The lowest BCUT2D eigenvalue weighted by molar-refractivity contribution is 0.337. The maximum absolute atomic E-state index is 5.50. The molecule has 29 heavy (non-hydrogen) atoms. The van der Waals surface area contributed by atoms with Crippen LogP contribution in [0, 0.1) is 0 Å². The van der Waals surface area contributed by atoms with Crippen LogP contribution in [-0.2, 0) is 0 Å². The highest BCUT2D eigenvalue weighted by molar-refractivity contribution is 5.85. The molecule has 0 aliphatic carbocycles. The molecule has 0 amide bonds. The van der Waals surface area contributed by atoms with Crippen LogP contribution in [0.4, 0.5) is 0 Å². The Morgan fingerprint density at radius 2 is 1.90 bits per heavy atom. The molecule has 4 aromatic rings. The molecule has 5 rings (SSSR count). The standard InChI is InChI=1S/C17H18N10O.ClH/c1-3-14(28-17-21-23-24-22-17)4-2-12(1)26-10-9-19-16(26)15-11-27(25-20-15)13-5-7-18-8-6-13;/h1-4,9-11,13,18H,5-8H2,(H,21,22,23,24);1H. The Kier molecular flexibility index (Phi) is 5.49. The summed E-state index contributed by atoms with van der Waals surface area (Å²) in [6.45, 7) is 2.01. The van der Waals surface area contributed by atoms with Crippen LogP contribution in [-0.4, -0.2) is 58.3 Å². The Bertz CT molecular complexity index is 1040. The number of nitrogens with one attached hydrogen (secondary N) is 2. The topological polar surface area (TPSA) is 124 Å². The van der Waals surface area contributed by atoms with Crippen LogP contribution in [0.15, 0.2) is 42.9 Å². The average molecular weight is 415 g/mol.